The zero-order valence-corrected chi connectivity index (χ0v) is 14.6. The van der Waals surface area contributed by atoms with Crippen LogP contribution in [0.2, 0.25) is 0 Å². The van der Waals surface area contributed by atoms with Crippen LogP contribution in [0.15, 0.2) is 30.3 Å². The fraction of sp³-hybridized carbons (Fsp3) is 0.368. The Morgan fingerprint density at radius 2 is 2.04 bits per heavy atom. The lowest BCUT2D eigenvalue weighted by Gasteiger charge is -2.16. The van der Waals surface area contributed by atoms with Crippen molar-refractivity contribution in [2.24, 2.45) is 0 Å². The second-order valence-corrected chi connectivity index (χ2v) is 7.43. The summed E-state index contributed by atoms with van der Waals surface area (Å²) in [5.41, 5.74) is 1.97. The van der Waals surface area contributed by atoms with E-state index >= 15 is 0 Å². The zero-order valence-electron chi connectivity index (χ0n) is 13.7. The molecule has 25 heavy (non-hydrogen) atoms. The summed E-state index contributed by atoms with van der Waals surface area (Å²) in [5.74, 6) is 0.140. The topological polar surface area (TPSA) is 64.6 Å². The van der Waals surface area contributed by atoms with Crippen LogP contribution in [0.5, 0.6) is 5.75 Å². The molecule has 6 heteroatoms. The molecular weight excluding hydrogens is 338 g/mol. The van der Waals surface area contributed by atoms with Gasteiger partial charge in [0, 0.05) is 22.0 Å². The Morgan fingerprint density at radius 3 is 2.88 bits per heavy atom. The molecule has 5 nitrogen and oxygen atoms in total. The Balaban J connectivity index is 1.40. The highest BCUT2D eigenvalue weighted by Crippen LogP contribution is 2.42. The van der Waals surface area contributed by atoms with E-state index in [0.717, 1.165) is 47.4 Å². The molecule has 4 rings (SSSR count). The molecule has 1 fully saturated rings. The largest absolute Gasteiger partial charge is 0.488 e. The van der Waals surface area contributed by atoms with Crippen LogP contribution in [0.3, 0.4) is 0 Å². The van der Waals surface area contributed by atoms with E-state index < -0.39 is 5.97 Å². The molecule has 1 aliphatic carbocycles. The van der Waals surface area contributed by atoms with Gasteiger partial charge < -0.3 is 14.8 Å². The molecule has 1 amide bonds. The van der Waals surface area contributed by atoms with Crippen molar-refractivity contribution < 1.29 is 19.1 Å². The maximum atomic E-state index is 12.3. The van der Waals surface area contributed by atoms with Gasteiger partial charge in [0.25, 0.3) is 5.91 Å². The van der Waals surface area contributed by atoms with E-state index in [1.807, 2.05) is 24.3 Å². The highest BCUT2D eigenvalue weighted by Gasteiger charge is 2.24. The second kappa shape index (κ2) is 6.88. The molecule has 0 radical (unpaired) electrons. The number of nitrogens with one attached hydrogen (secondary N) is 1. The summed E-state index contributed by atoms with van der Waals surface area (Å²) in [6.45, 7) is 0.212. The van der Waals surface area contributed by atoms with Crippen LogP contribution in [-0.4, -0.2) is 24.5 Å². The molecule has 0 spiro atoms. The van der Waals surface area contributed by atoms with E-state index in [0.29, 0.717) is 11.5 Å². The average molecular weight is 357 g/mol. The number of thiophene rings is 1. The number of rotatable bonds is 4. The van der Waals surface area contributed by atoms with E-state index in [4.69, 9.17) is 9.47 Å². The summed E-state index contributed by atoms with van der Waals surface area (Å²) in [6.07, 6.45) is 4.32. The standard InChI is InChI=1S/C19H19NO4S/c21-17(20-13-5-1-2-6-13)11-24-19(22)16-9-12-10-23-15-8-4-3-7-14(15)18(12)25-16/h3-4,7-9,13H,1-2,5-6,10-11H2,(H,20,21). The number of para-hydroxylation sites is 1. The Kier molecular flexibility index (Phi) is 4.44. The predicted octanol–water partition coefficient (Wildman–Crippen LogP) is 3.52. The third kappa shape index (κ3) is 3.39. The molecule has 2 aromatic rings. The van der Waals surface area contributed by atoms with E-state index in [1.54, 1.807) is 6.07 Å². The number of ether oxygens (including phenoxy) is 2. The van der Waals surface area contributed by atoms with Crippen molar-refractivity contribution in [3.8, 4) is 16.2 Å². The van der Waals surface area contributed by atoms with Gasteiger partial charge in [-0.3, -0.25) is 4.79 Å². The first-order valence-corrected chi connectivity index (χ1v) is 9.34. The Morgan fingerprint density at radius 1 is 1.24 bits per heavy atom. The van der Waals surface area contributed by atoms with Crippen molar-refractivity contribution in [3.63, 3.8) is 0 Å². The smallest absolute Gasteiger partial charge is 0.348 e. The first-order valence-electron chi connectivity index (χ1n) is 8.52. The molecule has 1 aliphatic heterocycles. The van der Waals surface area contributed by atoms with E-state index in [9.17, 15) is 9.59 Å². The van der Waals surface area contributed by atoms with Gasteiger partial charge in [0.1, 0.15) is 17.2 Å². The van der Waals surface area contributed by atoms with Crippen LogP contribution in [0.1, 0.15) is 40.9 Å². The summed E-state index contributed by atoms with van der Waals surface area (Å²) < 4.78 is 10.9. The van der Waals surface area contributed by atoms with Gasteiger partial charge in [-0.2, -0.15) is 0 Å². The fourth-order valence-corrected chi connectivity index (χ4v) is 4.43. The van der Waals surface area contributed by atoms with Crippen molar-refractivity contribution in [1.29, 1.82) is 0 Å². The number of carbonyl (C=O) groups excluding carboxylic acids is 2. The van der Waals surface area contributed by atoms with Crippen LogP contribution in [0, 0.1) is 0 Å². The summed E-state index contributed by atoms with van der Waals surface area (Å²) in [4.78, 5) is 25.7. The third-order valence-corrected chi connectivity index (χ3v) is 5.77. The van der Waals surface area contributed by atoms with Crippen molar-refractivity contribution in [2.45, 2.75) is 38.3 Å². The van der Waals surface area contributed by atoms with Crippen molar-refractivity contribution in [3.05, 3.63) is 40.8 Å². The lowest BCUT2D eigenvalue weighted by molar-refractivity contribution is -0.124. The van der Waals surface area contributed by atoms with Crippen LogP contribution in [0.4, 0.5) is 0 Å². The van der Waals surface area contributed by atoms with Gasteiger partial charge in [-0.15, -0.1) is 11.3 Å². The number of esters is 1. The van der Waals surface area contributed by atoms with Crippen molar-refractivity contribution >= 4 is 23.2 Å². The molecule has 130 valence electrons. The van der Waals surface area contributed by atoms with Crippen molar-refractivity contribution in [1.82, 2.24) is 5.32 Å². The van der Waals surface area contributed by atoms with Gasteiger partial charge in [0.15, 0.2) is 6.61 Å². The summed E-state index contributed by atoms with van der Waals surface area (Å²) in [6, 6.07) is 9.80. The zero-order chi connectivity index (χ0) is 17.2. The molecule has 1 aromatic carbocycles. The van der Waals surface area contributed by atoms with Crippen LogP contribution in [-0.2, 0) is 16.1 Å². The molecule has 2 aliphatic rings. The van der Waals surface area contributed by atoms with E-state index in [1.165, 1.54) is 11.3 Å². The number of fused-ring (bicyclic) bond motifs is 3. The van der Waals surface area contributed by atoms with Crippen molar-refractivity contribution in [2.75, 3.05) is 6.61 Å². The molecule has 0 saturated heterocycles. The number of hydrogen-bond donors (Lipinski definition) is 1. The number of benzene rings is 1. The molecule has 0 atom stereocenters. The average Bonchev–Trinajstić information content (AvgIpc) is 3.29. The molecule has 0 unspecified atom stereocenters. The first kappa shape index (κ1) is 16.1. The monoisotopic (exact) mass is 357 g/mol. The third-order valence-electron chi connectivity index (χ3n) is 4.58. The van der Waals surface area contributed by atoms with Gasteiger partial charge in [-0.05, 0) is 31.0 Å². The minimum absolute atomic E-state index is 0.227. The van der Waals surface area contributed by atoms with Gasteiger partial charge in [0.05, 0.1) is 0 Å². The maximum absolute atomic E-state index is 12.3. The van der Waals surface area contributed by atoms with E-state index in [-0.39, 0.29) is 18.6 Å². The van der Waals surface area contributed by atoms with Crippen LogP contribution >= 0.6 is 11.3 Å². The fourth-order valence-electron chi connectivity index (χ4n) is 3.34. The van der Waals surface area contributed by atoms with Gasteiger partial charge in [0.2, 0.25) is 0 Å². The SMILES string of the molecule is O=C(COC(=O)c1cc2c(s1)-c1ccccc1OC2)NC1CCCC1. The highest BCUT2D eigenvalue weighted by molar-refractivity contribution is 7.17. The highest BCUT2D eigenvalue weighted by atomic mass is 32.1. The molecule has 2 heterocycles. The number of carbonyl (C=O) groups is 2. The summed E-state index contributed by atoms with van der Waals surface area (Å²) in [7, 11) is 0. The summed E-state index contributed by atoms with van der Waals surface area (Å²) in [5, 5.41) is 2.91. The first-order chi connectivity index (χ1) is 12.2. The second-order valence-electron chi connectivity index (χ2n) is 6.37. The number of hydrogen-bond acceptors (Lipinski definition) is 5. The Bertz CT molecular complexity index is 808. The molecule has 1 N–H and O–H groups in total. The normalized spacial score (nSPS) is 15.8. The minimum atomic E-state index is -0.460. The minimum Gasteiger partial charge on any atom is -0.488 e. The summed E-state index contributed by atoms with van der Waals surface area (Å²) >= 11 is 1.38. The maximum Gasteiger partial charge on any atom is 0.348 e. The molecule has 0 bridgehead atoms. The quantitative estimate of drug-likeness (QED) is 0.851. The lowest BCUT2D eigenvalue weighted by Crippen LogP contribution is -2.35. The van der Waals surface area contributed by atoms with Gasteiger partial charge >= 0.3 is 5.97 Å². The molecular formula is C19H19NO4S. The van der Waals surface area contributed by atoms with Gasteiger partial charge in [-0.25, -0.2) is 4.79 Å². The Labute approximate surface area is 150 Å². The molecule has 1 aromatic heterocycles. The Hall–Kier alpha value is -2.34. The predicted molar refractivity (Wildman–Crippen MR) is 94.8 cm³/mol. The van der Waals surface area contributed by atoms with Crippen LogP contribution < -0.4 is 10.1 Å². The van der Waals surface area contributed by atoms with Gasteiger partial charge in [-0.1, -0.05) is 25.0 Å². The lowest BCUT2D eigenvalue weighted by atomic mass is 10.1. The van der Waals surface area contributed by atoms with Crippen LogP contribution in [0.25, 0.3) is 10.4 Å². The van der Waals surface area contributed by atoms with E-state index in [2.05, 4.69) is 5.32 Å². The molecule has 1 saturated carbocycles. The number of amides is 1.